The van der Waals surface area contributed by atoms with Crippen LogP contribution in [-0.2, 0) is 10.0 Å². The third-order valence-corrected chi connectivity index (χ3v) is 4.49. The van der Waals surface area contributed by atoms with E-state index in [-0.39, 0.29) is 5.69 Å². The van der Waals surface area contributed by atoms with Gasteiger partial charge in [0, 0.05) is 10.2 Å². The Balaban J connectivity index is 2.46. The molecule has 0 aliphatic heterocycles. The Morgan fingerprint density at radius 3 is 2.50 bits per heavy atom. The fourth-order valence-corrected chi connectivity index (χ4v) is 3.14. The van der Waals surface area contributed by atoms with E-state index in [2.05, 4.69) is 20.7 Å². The van der Waals surface area contributed by atoms with E-state index in [4.69, 9.17) is 5.73 Å². The van der Waals surface area contributed by atoms with Gasteiger partial charge in [0.15, 0.2) is 0 Å². The van der Waals surface area contributed by atoms with Crippen LogP contribution in [0, 0.1) is 11.6 Å². The molecule has 0 aromatic heterocycles. The summed E-state index contributed by atoms with van der Waals surface area (Å²) in [5.74, 6) is -1.89. The van der Waals surface area contributed by atoms with E-state index in [1.807, 2.05) is 0 Å². The summed E-state index contributed by atoms with van der Waals surface area (Å²) in [5, 5.41) is 0. The van der Waals surface area contributed by atoms with Crippen LogP contribution in [0.1, 0.15) is 0 Å². The quantitative estimate of drug-likeness (QED) is 0.824. The number of rotatable bonds is 3. The number of anilines is 2. The van der Waals surface area contributed by atoms with Crippen molar-refractivity contribution in [3.63, 3.8) is 0 Å². The summed E-state index contributed by atoms with van der Waals surface area (Å²) in [6.07, 6.45) is 0. The van der Waals surface area contributed by atoms with Crippen molar-refractivity contribution in [1.29, 1.82) is 0 Å². The van der Waals surface area contributed by atoms with Crippen molar-refractivity contribution in [2.24, 2.45) is 0 Å². The predicted octanol–water partition coefficient (Wildman–Crippen LogP) is 3.11. The average Bonchev–Trinajstić information content (AvgIpc) is 2.36. The van der Waals surface area contributed by atoms with Crippen molar-refractivity contribution in [2.45, 2.75) is 4.90 Å². The van der Waals surface area contributed by atoms with Crippen LogP contribution in [0.25, 0.3) is 0 Å². The summed E-state index contributed by atoms with van der Waals surface area (Å²) in [6.45, 7) is 0. The normalized spacial score (nSPS) is 11.3. The number of halogens is 3. The van der Waals surface area contributed by atoms with Gasteiger partial charge < -0.3 is 5.73 Å². The minimum Gasteiger partial charge on any atom is -0.399 e. The molecule has 3 N–H and O–H groups in total. The Labute approximate surface area is 122 Å². The molecule has 0 heterocycles. The number of benzene rings is 2. The van der Waals surface area contributed by atoms with Crippen molar-refractivity contribution in [3.05, 3.63) is 52.5 Å². The van der Waals surface area contributed by atoms with Gasteiger partial charge in [0.25, 0.3) is 10.0 Å². The van der Waals surface area contributed by atoms with Crippen LogP contribution in [0.3, 0.4) is 0 Å². The summed E-state index contributed by atoms with van der Waals surface area (Å²) in [6, 6.07) is 6.65. The zero-order valence-electron chi connectivity index (χ0n) is 9.90. The number of sulfonamides is 1. The average molecular weight is 363 g/mol. The summed E-state index contributed by atoms with van der Waals surface area (Å²) in [7, 11) is -4.26. The molecule has 2 aromatic rings. The monoisotopic (exact) mass is 362 g/mol. The molecule has 2 rings (SSSR count). The summed E-state index contributed by atoms with van der Waals surface area (Å²) >= 11 is 3.14. The van der Waals surface area contributed by atoms with Gasteiger partial charge in [-0.25, -0.2) is 17.2 Å². The maximum Gasteiger partial charge on any atom is 0.264 e. The molecule has 0 fully saturated rings. The maximum absolute atomic E-state index is 13.5. The largest absolute Gasteiger partial charge is 0.399 e. The Morgan fingerprint density at radius 1 is 1.10 bits per heavy atom. The second kappa shape index (κ2) is 5.37. The van der Waals surface area contributed by atoms with E-state index < -0.39 is 26.6 Å². The molecule has 2 aromatic carbocycles. The van der Waals surface area contributed by atoms with Crippen LogP contribution >= 0.6 is 15.9 Å². The minimum atomic E-state index is -4.26. The van der Waals surface area contributed by atoms with Crippen molar-refractivity contribution >= 4 is 37.3 Å². The first-order chi connectivity index (χ1) is 9.29. The molecule has 0 saturated heterocycles. The third-order valence-electron chi connectivity index (χ3n) is 2.42. The van der Waals surface area contributed by atoms with Gasteiger partial charge >= 0.3 is 0 Å². The lowest BCUT2D eigenvalue weighted by atomic mass is 10.3. The van der Waals surface area contributed by atoms with E-state index in [1.165, 1.54) is 12.1 Å². The Hall–Kier alpha value is -1.67. The van der Waals surface area contributed by atoms with Gasteiger partial charge in [0.1, 0.15) is 16.5 Å². The first-order valence-electron chi connectivity index (χ1n) is 5.32. The van der Waals surface area contributed by atoms with Crippen molar-refractivity contribution in [3.8, 4) is 0 Å². The van der Waals surface area contributed by atoms with Gasteiger partial charge in [-0.05, 0) is 52.3 Å². The molecule has 0 spiro atoms. The van der Waals surface area contributed by atoms with Gasteiger partial charge in [0.05, 0.1) is 5.69 Å². The highest BCUT2D eigenvalue weighted by molar-refractivity contribution is 9.10. The molecule has 0 radical (unpaired) electrons. The van der Waals surface area contributed by atoms with Crippen LogP contribution in [-0.4, -0.2) is 8.42 Å². The molecule has 0 aliphatic rings. The molecule has 8 heteroatoms. The third kappa shape index (κ3) is 3.07. The van der Waals surface area contributed by atoms with E-state index in [9.17, 15) is 17.2 Å². The lowest BCUT2D eigenvalue weighted by Crippen LogP contribution is -2.15. The van der Waals surface area contributed by atoms with Gasteiger partial charge in [0.2, 0.25) is 0 Å². The highest BCUT2D eigenvalue weighted by Crippen LogP contribution is 2.28. The lowest BCUT2D eigenvalue weighted by molar-refractivity contribution is 0.555. The fraction of sp³-hybridized carbons (Fsp3) is 0. The van der Waals surface area contributed by atoms with Crippen LogP contribution in [0.5, 0.6) is 0 Å². The molecular weight excluding hydrogens is 354 g/mol. The molecule has 0 unspecified atom stereocenters. The molecule has 20 heavy (non-hydrogen) atoms. The minimum absolute atomic E-state index is 0.133. The standard InChI is InChI=1S/C12H9BrF2N2O2S/c13-9-3-2-8(16)6-11(9)17-20(18,19)12-5-7(14)1-4-10(12)15/h1-6,17H,16H2. The number of nitrogen functional groups attached to an aromatic ring is 1. The van der Waals surface area contributed by atoms with Crippen LogP contribution in [0.2, 0.25) is 0 Å². The second-order valence-corrected chi connectivity index (χ2v) is 6.42. The van der Waals surface area contributed by atoms with Gasteiger partial charge in [-0.15, -0.1) is 0 Å². The first-order valence-corrected chi connectivity index (χ1v) is 7.60. The number of nitrogens with one attached hydrogen (secondary N) is 1. The van der Waals surface area contributed by atoms with Gasteiger partial charge in [-0.3, -0.25) is 4.72 Å². The summed E-state index contributed by atoms with van der Waals surface area (Å²) in [5.41, 5.74) is 6.01. The van der Waals surface area contributed by atoms with Crippen molar-refractivity contribution in [2.75, 3.05) is 10.5 Å². The molecule has 0 amide bonds. The Morgan fingerprint density at radius 2 is 1.80 bits per heavy atom. The van der Waals surface area contributed by atoms with Crippen LogP contribution < -0.4 is 10.5 Å². The molecule has 0 bridgehead atoms. The van der Waals surface area contributed by atoms with Crippen molar-refractivity contribution < 1.29 is 17.2 Å². The molecule has 0 aliphatic carbocycles. The fourth-order valence-electron chi connectivity index (χ4n) is 1.50. The predicted molar refractivity (Wildman–Crippen MR) is 75.7 cm³/mol. The highest BCUT2D eigenvalue weighted by Gasteiger charge is 2.21. The number of hydrogen-bond acceptors (Lipinski definition) is 3. The second-order valence-electron chi connectivity index (χ2n) is 3.92. The zero-order valence-corrected chi connectivity index (χ0v) is 12.3. The smallest absolute Gasteiger partial charge is 0.264 e. The molecule has 4 nitrogen and oxygen atoms in total. The Bertz CT molecular complexity index is 766. The Kier molecular flexibility index (Phi) is 3.96. The summed E-state index contributed by atoms with van der Waals surface area (Å²) < 4.78 is 53.3. The first kappa shape index (κ1) is 14.7. The topological polar surface area (TPSA) is 72.2 Å². The molecule has 0 atom stereocenters. The van der Waals surface area contributed by atoms with E-state index in [1.54, 1.807) is 6.07 Å². The van der Waals surface area contributed by atoms with E-state index in [0.717, 1.165) is 12.1 Å². The van der Waals surface area contributed by atoms with Crippen LogP contribution in [0.15, 0.2) is 45.8 Å². The van der Waals surface area contributed by atoms with E-state index in [0.29, 0.717) is 16.2 Å². The van der Waals surface area contributed by atoms with Gasteiger partial charge in [-0.2, -0.15) is 0 Å². The number of hydrogen-bond donors (Lipinski definition) is 2. The summed E-state index contributed by atoms with van der Waals surface area (Å²) in [4.78, 5) is -0.771. The molecule has 106 valence electrons. The van der Waals surface area contributed by atoms with Crippen molar-refractivity contribution in [1.82, 2.24) is 0 Å². The maximum atomic E-state index is 13.5. The SMILES string of the molecule is Nc1ccc(Br)c(NS(=O)(=O)c2cc(F)ccc2F)c1. The number of nitrogens with two attached hydrogens (primary N) is 1. The molecule has 0 saturated carbocycles. The van der Waals surface area contributed by atoms with Gasteiger partial charge in [-0.1, -0.05) is 0 Å². The highest BCUT2D eigenvalue weighted by atomic mass is 79.9. The van der Waals surface area contributed by atoms with E-state index >= 15 is 0 Å². The van der Waals surface area contributed by atoms with Crippen LogP contribution in [0.4, 0.5) is 20.2 Å². The molecular formula is C12H9BrF2N2O2S. The lowest BCUT2D eigenvalue weighted by Gasteiger charge is -2.11. The zero-order chi connectivity index (χ0) is 14.9.